The number of hydrogen-bond acceptors (Lipinski definition) is 0. The van der Waals surface area contributed by atoms with Crippen LogP contribution in [-0.4, -0.2) is 0 Å². The minimum absolute atomic E-state index is 0.456. The first-order chi connectivity index (χ1) is 5.80. The summed E-state index contributed by atoms with van der Waals surface area (Å²) in [7, 11) is 4.32. The Morgan fingerprint density at radius 1 is 0.917 bits per heavy atom. The van der Waals surface area contributed by atoms with Crippen molar-refractivity contribution in [2.75, 3.05) is 0 Å². The van der Waals surface area contributed by atoms with E-state index in [0.717, 1.165) is 17.8 Å². The van der Waals surface area contributed by atoms with Crippen LogP contribution in [-0.2, 0) is 0 Å². The Balaban J connectivity index is 1.97. The van der Waals surface area contributed by atoms with Gasteiger partial charge in [0.2, 0.25) is 0 Å². The zero-order valence-corrected chi connectivity index (χ0v) is 8.32. The van der Waals surface area contributed by atoms with E-state index in [0.29, 0.717) is 5.41 Å². The average molecular weight is 178 g/mol. The Labute approximate surface area is 76.6 Å². The van der Waals surface area contributed by atoms with Gasteiger partial charge in [-0.15, -0.1) is 0 Å². The number of rotatable bonds is 0. The van der Waals surface area contributed by atoms with Crippen LogP contribution in [0.1, 0.15) is 38.5 Å². The van der Waals surface area contributed by atoms with Crippen molar-refractivity contribution in [3.63, 3.8) is 0 Å². The Kier molecular flexibility index (Phi) is 1.50. The van der Waals surface area contributed by atoms with Crippen molar-refractivity contribution in [3.8, 4) is 5.63 Å². The molecule has 0 radical (unpaired) electrons. The van der Waals surface area contributed by atoms with E-state index in [4.69, 9.17) is 0 Å². The van der Waals surface area contributed by atoms with E-state index in [1.54, 1.807) is 0 Å². The molecule has 0 atom stereocenters. The summed E-state index contributed by atoms with van der Waals surface area (Å²) in [6.45, 7) is 0. The van der Waals surface area contributed by atoms with E-state index < -0.39 is 0 Å². The first-order valence-electron chi connectivity index (χ1n) is 5.21. The van der Waals surface area contributed by atoms with E-state index in [1.165, 1.54) is 38.5 Å². The predicted octanol–water partition coefficient (Wildman–Crippen LogP) is 3.57. The molecule has 4 fully saturated rings. The molecule has 0 heterocycles. The third-order valence-electron chi connectivity index (χ3n) is 4.28. The molecule has 0 N–H and O–H groups in total. The molecule has 0 spiro atoms. The summed E-state index contributed by atoms with van der Waals surface area (Å²) in [5.74, 6) is 3.11. The Bertz CT molecular complexity index is 213. The summed E-state index contributed by atoms with van der Waals surface area (Å²) >= 11 is 0. The second-order valence-electron chi connectivity index (χ2n) is 5.31. The van der Waals surface area contributed by atoms with Crippen molar-refractivity contribution < 1.29 is 0 Å². The maximum atomic E-state index is 4.32. The fraction of sp³-hybridized carbons (Fsp3) is 0.909. The van der Waals surface area contributed by atoms with E-state index in [1.807, 2.05) is 0 Å². The molecule has 4 bridgehead atoms. The van der Waals surface area contributed by atoms with Crippen molar-refractivity contribution in [2.24, 2.45) is 23.2 Å². The Hall–Kier alpha value is 0.210. The van der Waals surface area contributed by atoms with Crippen molar-refractivity contribution in [2.45, 2.75) is 38.5 Å². The molecule has 0 aromatic carbocycles. The molecule has 0 saturated heterocycles. The SMILES string of the molecule is P#CC12CC3CC(CC(C3)C1)C2. The zero-order chi connectivity index (χ0) is 8.18. The molecule has 64 valence electrons. The molecule has 0 aromatic rings. The Morgan fingerprint density at radius 3 is 1.67 bits per heavy atom. The molecule has 0 amide bonds. The van der Waals surface area contributed by atoms with Crippen LogP contribution < -0.4 is 0 Å². The van der Waals surface area contributed by atoms with Gasteiger partial charge in [0.25, 0.3) is 0 Å². The second kappa shape index (κ2) is 2.37. The molecule has 4 rings (SSSR count). The van der Waals surface area contributed by atoms with Gasteiger partial charge in [0.05, 0.1) is 0 Å². The molecule has 0 aromatic heterocycles. The van der Waals surface area contributed by atoms with Crippen LogP contribution in [0.4, 0.5) is 0 Å². The minimum atomic E-state index is 0.456. The second-order valence-corrected chi connectivity index (χ2v) is 5.53. The van der Waals surface area contributed by atoms with Gasteiger partial charge in [-0.3, -0.25) is 0 Å². The van der Waals surface area contributed by atoms with Crippen LogP contribution in [0.2, 0.25) is 0 Å². The normalized spacial score (nSPS) is 55.4. The third kappa shape index (κ3) is 0.949. The van der Waals surface area contributed by atoms with E-state index in [-0.39, 0.29) is 0 Å². The molecular weight excluding hydrogens is 163 g/mol. The summed E-state index contributed by atoms with van der Waals surface area (Å²) in [6, 6.07) is 0. The van der Waals surface area contributed by atoms with Gasteiger partial charge < -0.3 is 0 Å². The van der Waals surface area contributed by atoms with Crippen molar-refractivity contribution in [1.82, 2.24) is 0 Å². The van der Waals surface area contributed by atoms with Gasteiger partial charge in [0, 0.05) is 0 Å². The average Bonchev–Trinajstić information content (AvgIpc) is 2.02. The van der Waals surface area contributed by atoms with Crippen molar-refractivity contribution in [1.29, 1.82) is 0 Å². The summed E-state index contributed by atoms with van der Waals surface area (Å²) in [6.07, 6.45) is 8.78. The van der Waals surface area contributed by atoms with Gasteiger partial charge >= 0.3 is 76.0 Å². The van der Waals surface area contributed by atoms with Gasteiger partial charge in [-0.05, 0) is 0 Å². The Morgan fingerprint density at radius 2 is 1.33 bits per heavy atom. The summed E-state index contributed by atoms with van der Waals surface area (Å²) in [5.41, 5.74) is 3.76. The molecule has 1 heteroatoms. The molecule has 0 unspecified atom stereocenters. The van der Waals surface area contributed by atoms with E-state index in [2.05, 4.69) is 14.3 Å². The summed E-state index contributed by atoms with van der Waals surface area (Å²) < 4.78 is 0. The first kappa shape index (κ1) is 7.60. The molecule has 0 nitrogen and oxygen atoms in total. The van der Waals surface area contributed by atoms with Gasteiger partial charge in [-0.2, -0.15) is 0 Å². The first-order valence-corrected chi connectivity index (χ1v) is 5.66. The third-order valence-corrected chi connectivity index (χ3v) is 4.75. The van der Waals surface area contributed by atoms with E-state index in [9.17, 15) is 0 Å². The fourth-order valence-corrected chi connectivity index (χ4v) is 4.52. The molecule has 4 aliphatic rings. The fourth-order valence-electron chi connectivity index (χ4n) is 4.25. The molecule has 4 saturated carbocycles. The van der Waals surface area contributed by atoms with Crippen LogP contribution in [0, 0.1) is 28.8 Å². The van der Waals surface area contributed by atoms with Crippen LogP contribution in [0.25, 0.3) is 0 Å². The zero-order valence-electron chi connectivity index (χ0n) is 7.42. The van der Waals surface area contributed by atoms with Crippen LogP contribution in [0.5, 0.6) is 0 Å². The van der Waals surface area contributed by atoms with Gasteiger partial charge in [0.1, 0.15) is 0 Å². The standard InChI is InChI=1S/C11H15P/c12-7-11-4-8-1-9(5-11)3-10(2-8)6-11/h8-10H,1-6H2. The molecule has 12 heavy (non-hydrogen) atoms. The van der Waals surface area contributed by atoms with Gasteiger partial charge in [-0.25, -0.2) is 0 Å². The molecule has 0 aliphatic heterocycles. The maximum absolute atomic E-state index is 4.32. The quantitative estimate of drug-likeness (QED) is 0.497. The van der Waals surface area contributed by atoms with Gasteiger partial charge in [0.15, 0.2) is 0 Å². The summed E-state index contributed by atoms with van der Waals surface area (Å²) in [4.78, 5) is 0. The van der Waals surface area contributed by atoms with Crippen molar-refractivity contribution in [3.05, 3.63) is 0 Å². The van der Waals surface area contributed by atoms with E-state index >= 15 is 0 Å². The van der Waals surface area contributed by atoms with Crippen LogP contribution in [0.15, 0.2) is 0 Å². The molecule has 4 aliphatic carbocycles. The van der Waals surface area contributed by atoms with Crippen LogP contribution >= 0.6 is 8.70 Å². The topological polar surface area (TPSA) is 0 Å². The molecular formula is C11H15P. The monoisotopic (exact) mass is 178 g/mol. The van der Waals surface area contributed by atoms with Crippen molar-refractivity contribution >= 4 is 8.70 Å². The number of hydrogen-bond donors (Lipinski definition) is 0. The van der Waals surface area contributed by atoms with Gasteiger partial charge in [-0.1, -0.05) is 0 Å². The van der Waals surface area contributed by atoms with Crippen LogP contribution in [0.3, 0.4) is 0 Å². The summed E-state index contributed by atoms with van der Waals surface area (Å²) in [5, 5.41) is 0. The predicted molar refractivity (Wildman–Crippen MR) is 51.4 cm³/mol.